The topological polar surface area (TPSA) is 105 Å². The Morgan fingerprint density at radius 1 is 1.12 bits per heavy atom. The van der Waals surface area contributed by atoms with Crippen molar-refractivity contribution in [3.05, 3.63) is 48.0 Å². The minimum absolute atomic E-state index is 0.000115. The van der Waals surface area contributed by atoms with Gasteiger partial charge in [0.2, 0.25) is 5.91 Å². The number of carbonyl (C=O) groups is 2. The smallest absolute Gasteiger partial charge is 0.239 e. The number of benzene rings is 1. The van der Waals surface area contributed by atoms with Crippen LogP contribution in [0.25, 0.3) is 0 Å². The first-order valence-corrected chi connectivity index (χ1v) is 12.1. The Bertz CT molecular complexity index is 845. The van der Waals surface area contributed by atoms with E-state index in [0.29, 0.717) is 32.5 Å². The van der Waals surface area contributed by atoms with Crippen LogP contribution in [0.4, 0.5) is 0 Å². The second-order valence-electron chi connectivity index (χ2n) is 8.66. The van der Waals surface area contributed by atoms with Gasteiger partial charge in [0.15, 0.2) is 5.78 Å². The zero-order valence-electron chi connectivity index (χ0n) is 19.7. The molecule has 0 bridgehead atoms. The number of piperazine rings is 1. The van der Waals surface area contributed by atoms with Crippen LogP contribution in [0.5, 0.6) is 5.75 Å². The molecule has 0 aliphatic carbocycles. The van der Waals surface area contributed by atoms with Gasteiger partial charge in [0.1, 0.15) is 5.75 Å². The number of carbonyl (C=O) groups excluding carboxylic acids is 2. The van der Waals surface area contributed by atoms with E-state index in [1.54, 1.807) is 12.5 Å². The number of amides is 1. The first-order valence-electron chi connectivity index (χ1n) is 12.1. The normalized spacial score (nSPS) is 15.4. The number of aromatic amines is 1. The number of rotatable bonds is 13. The maximum Gasteiger partial charge on any atom is 0.239 e. The van der Waals surface area contributed by atoms with E-state index in [9.17, 15) is 9.59 Å². The lowest BCUT2D eigenvalue weighted by atomic mass is 10.0. The van der Waals surface area contributed by atoms with Crippen molar-refractivity contribution in [3.8, 4) is 5.75 Å². The summed E-state index contributed by atoms with van der Waals surface area (Å²) in [5.74, 6) is 0.997. The van der Waals surface area contributed by atoms with E-state index in [0.717, 1.165) is 62.3 Å². The zero-order valence-corrected chi connectivity index (χ0v) is 19.7. The third-order valence-corrected chi connectivity index (χ3v) is 6.07. The predicted octanol–water partition coefficient (Wildman–Crippen LogP) is 2.66. The van der Waals surface area contributed by atoms with Gasteiger partial charge in [0, 0.05) is 63.0 Å². The fourth-order valence-corrected chi connectivity index (χ4v) is 4.04. The van der Waals surface area contributed by atoms with Gasteiger partial charge in [-0.3, -0.25) is 14.5 Å². The SMILES string of the molecule is CCCCCC(=O)c1ccc(OCCCN2CCN(C(=O)C(N)Cc3cnc[nH]3)CC2)cc1. The number of H-pyrrole nitrogens is 1. The van der Waals surface area contributed by atoms with E-state index in [1.165, 1.54) is 0 Å². The highest BCUT2D eigenvalue weighted by molar-refractivity contribution is 5.96. The highest BCUT2D eigenvalue weighted by Gasteiger charge is 2.25. The van der Waals surface area contributed by atoms with Gasteiger partial charge in [-0.05, 0) is 37.1 Å². The van der Waals surface area contributed by atoms with Crippen LogP contribution in [0.15, 0.2) is 36.8 Å². The van der Waals surface area contributed by atoms with Crippen molar-refractivity contribution >= 4 is 11.7 Å². The Morgan fingerprint density at radius 3 is 2.55 bits per heavy atom. The summed E-state index contributed by atoms with van der Waals surface area (Å²) in [5.41, 5.74) is 7.73. The molecular formula is C25H37N5O3. The Hall–Kier alpha value is -2.71. The average Bonchev–Trinajstić information content (AvgIpc) is 3.35. The van der Waals surface area contributed by atoms with Crippen LogP contribution >= 0.6 is 0 Å². The number of nitrogens with two attached hydrogens (primary N) is 1. The predicted molar refractivity (Wildman–Crippen MR) is 128 cm³/mol. The van der Waals surface area contributed by atoms with Crippen LogP contribution in [0, 0.1) is 0 Å². The largest absolute Gasteiger partial charge is 0.494 e. The molecule has 1 atom stereocenters. The fourth-order valence-electron chi connectivity index (χ4n) is 4.04. The minimum atomic E-state index is -0.538. The van der Waals surface area contributed by atoms with Crippen molar-refractivity contribution in [1.29, 1.82) is 0 Å². The van der Waals surface area contributed by atoms with Gasteiger partial charge in [-0.15, -0.1) is 0 Å². The number of hydrogen-bond acceptors (Lipinski definition) is 6. The zero-order chi connectivity index (χ0) is 23.5. The Kier molecular flexibility index (Phi) is 9.90. The molecule has 1 saturated heterocycles. The molecule has 1 aromatic heterocycles. The van der Waals surface area contributed by atoms with Gasteiger partial charge >= 0.3 is 0 Å². The minimum Gasteiger partial charge on any atom is -0.494 e. The number of aromatic nitrogens is 2. The lowest BCUT2D eigenvalue weighted by molar-refractivity contribution is -0.134. The molecule has 33 heavy (non-hydrogen) atoms. The molecule has 180 valence electrons. The standard InChI is InChI=1S/C25H37N5O3/c1-2-3-4-6-24(31)20-7-9-22(10-8-20)33-16-5-11-29-12-14-30(15-13-29)25(32)23(26)17-21-18-27-19-28-21/h7-10,18-19,23H,2-6,11-17,26H2,1H3,(H,27,28). The second kappa shape index (κ2) is 13.1. The summed E-state index contributed by atoms with van der Waals surface area (Å²) in [6.45, 7) is 6.77. The molecule has 2 aromatic rings. The third-order valence-electron chi connectivity index (χ3n) is 6.07. The summed E-state index contributed by atoms with van der Waals surface area (Å²) in [4.78, 5) is 35.9. The van der Waals surface area contributed by atoms with Gasteiger partial charge in [-0.25, -0.2) is 4.98 Å². The first-order chi connectivity index (χ1) is 16.1. The molecule has 0 saturated carbocycles. The molecule has 0 radical (unpaired) electrons. The third kappa shape index (κ3) is 7.98. The monoisotopic (exact) mass is 455 g/mol. The Balaban J connectivity index is 1.30. The number of ketones is 1. The van der Waals surface area contributed by atoms with Crippen LogP contribution in [0.2, 0.25) is 0 Å². The first kappa shape index (κ1) is 24.9. The summed E-state index contributed by atoms with van der Waals surface area (Å²) >= 11 is 0. The van der Waals surface area contributed by atoms with E-state index >= 15 is 0 Å². The van der Waals surface area contributed by atoms with Crippen molar-refractivity contribution < 1.29 is 14.3 Å². The van der Waals surface area contributed by atoms with Crippen LogP contribution in [-0.2, 0) is 11.2 Å². The molecule has 1 unspecified atom stereocenters. The van der Waals surface area contributed by atoms with Crippen molar-refractivity contribution in [2.24, 2.45) is 5.73 Å². The lowest BCUT2D eigenvalue weighted by Gasteiger charge is -2.35. The second-order valence-corrected chi connectivity index (χ2v) is 8.66. The maximum absolute atomic E-state index is 12.6. The number of unbranched alkanes of at least 4 members (excludes halogenated alkanes) is 2. The van der Waals surface area contributed by atoms with E-state index in [1.807, 2.05) is 29.2 Å². The van der Waals surface area contributed by atoms with Gasteiger partial charge < -0.3 is 20.4 Å². The van der Waals surface area contributed by atoms with Gasteiger partial charge in [-0.2, -0.15) is 0 Å². The summed E-state index contributed by atoms with van der Waals surface area (Å²) in [7, 11) is 0. The average molecular weight is 456 g/mol. The molecule has 2 heterocycles. The summed E-state index contributed by atoms with van der Waals surface area (Å²) < 4.78 is 5.84. The summed E-state index contributed by atoms with van der Waals surface area (Å²) in [5, 5.41) is 0. The van der Waals surface area contributed by atoms with Crippen molar-refractivity contribution in [3.63, 3.8) is 0 Å². The Labute approximate surface area is 196 Å². The number of hydrogen-bond donors (Lipinski definition) is 2. The van der Waals surface area contributed by atoms with Crippen LogP contribution in [0.1, 0.15) is 55.1 Å². The molecule has 1 amide bonds. The molecule has 0 spiro atoms. The summed E-state index contributed by atoms with van der Waals surface area (Å²) in [6, 6.07) is 6.94. The maximum atomic E-state index is 12.6. The molecule has 3 rings (SSSR count). The van der Waals surface area contributed by atoms with Crippen molar-refractivity contribution in [2.45, 2.75) is 51.5 Å². The van der Waals surface area contributed by atoms with Crippen molar-refractivity contribution in [2.75, 3.05) is 39.3 Å². The molecule has 8 heteroatoms. The number of ether oxygens (including phenoxy) is 1. The van der Waals surface area contributed by atoms with E-state index in [2.05, 4.69) is 21.8 Å². The van der Waals surface area contributed by atoms with Crippen LogP contribution in [-0.4, -0.2) is 76.8 Å². The van der Waals surface area contributed by atoms with E-state index in [4.69, 9.17) is 10.5 Å². The highest BCUT2D eigenvalue weighted by Crippen LogP contribution is 2.15. The van der Waals surface area contributed by atoms with Crippen LogP contribution in [0.3, 0.4) is 0 Å². The molecule has 3 N–H and O–H groups in total. The molecular weight excluding hydrogens is 418 g/mol. The van der Waals surface area contributed by atoms with Crippen LogP contribution < -0.4 is 10.5 Å². The number of nitrogens with zero attached hydrogens (tertiary/aromatic N) is 3. The van der Waals surface area contributed by atoms with Gasteiger partial charge in [0.05, 0.1) is 19.0 Å². The summed E-state index contributed by atoms with van der Waals surface area (Å²) in [6.07, 6.45) is 8.47. The molecule has 1 aliphatic rings. The Morgan fingerprint density at radius 2 is 1.88 bits per heavy atom. The molecule has 1 aromatic carbocycles. The van der Waals surface area contributed by atoms with Crippen molar-refractivity contribution in [1.82, 2.24) is 19.8 Å². The highest BCUT2D eigenvalue weighted by atomic mass is 16.5. The molecule has 1 aliphatic heterocycles. The number of nitrogens with one attached hydrogen (secondary N) is 1. The number of imidazole rings is 1. The quantitative estimate of drug-likeness (QED) is 0.355. The van der Waals surface area contributed by atoms with Gasteiger partial charge in [-0.1, -0.05) is 19.8 Å². The lowest BCUT2D eigenvalue weighted by Crippen LogP contribution is -2.53. The molecule has 1 fully saturated rings. The van der Waals surface area contributed by atoms with E-state index < -0.39 is 6.04 Å². The van der Waals surface area contributed by atoms with Gasteiger partial charge in [0.25, 0.3) is 0 Å². The molecule has 8 nitrogen and oxygen atoms in total. The number of Topliss-reactive ketones (excluding diaryl/α,β-unsaturated/α-hetero) is 1. The van der Waals surface area contributed by atoms with E-state index in [-0.39, 0.29) is 11.7 Å². The fraction of sp³-hybridized carbons (Fsp3) is 0.560.